The topological polar surface area (TPSA) is 95.2 Å². The molecule has 0 amide bonds. The number of benzene rings is 1. The van der Waals surface area contributed by atoms with Gasteiger partial charge in [0.2, 0.25) is 0 Å². The molecule has 0 spiro atoms. The SMILES string of the molecule is CCNc1cc(F)cc2c1[nH]c1ncc(-c3cncc(C#N)c3)c(-n3ccc(C(C)(C)C)n3)c12. The summed E-state index contributed by atoms with van der Waals surface area (Å²) in [5.74, 6) is -0.343. The van der Waals surface area contributed by atoms with Crippen molar-refractivity contribution in [3.8, 4) is 22.9 Å². The summed E-state index contributed by atoms with van der Waals surface area (Å²) in [6, 6.07) is 8.89. The summed E-state index contributed by atoms with van der Waals surface area (Å²) < 4.78 is 16.5. The number of nitrogens with zero attached hydrogens (tertiary/aromatic N) is 5. The highest BCUT2D eigenvalue weighted by molar-refractivity contribution is 6.15. The van der Waals surface area contributed by atoms with Gasteiger partial charge >= 0.3 is 0 Å². The maximum atomic E-state index is 14.7. The number of hydrogen-bond donors (Lipinski definition) is 2. The second-order valence-electron chi connectivity index (χ2n) is 9.24. The van der Waals surface area contributed by atoms with Crippen LogP contribution >= 0.6 is 0 Å². The number of nitriles is 1. The molecule has 0 bridgehead atoms. The fourth-order valence-corrected chi connectivity index (χ4v) is 4.18. The average Bonchev–Trinajstić information content (AvgIpc) is 3.44. The number of nitrogens with one attached hydrogen (secondary N) is 2. The zero-order valence-corrected chi connectivity index (χ0v) is 19.4. The summed E-state index contributed by atoms with van der Waals surface area (Å²) in [5, 5.41) is 19.0. The lowest BCUT2D eigenvalue weighted by molar-refractivity contribution is 0.560. The fraction of sp³-hybridized carbons (Fsp3) is 0.231. The van der Waals surface area contributed by atoms with Gasteiger partial charge in [-0.15, -0.1) is 0 Å². The van der Waals surface area contributed by atoms with Crippen LogP contribution in [-0.2, 0) is 5.41 Å². The van der Waals surface area contributed by atoms with Crippen LogP contribution in [0.4, 0.5) is 10.1 Å². The molecular weight excluding hydrogens is 429 g/mol. The summed E-state index contributed by atoms with van der Waals surface area (Å²) in [5.41, 5.74) is 5.51. The van der Waals surface area contributed by atoms with Crippen molar-refractivity contribution >= 4 is 27.6 Å². The van der Waals surface area contributed by atoms with Crippen LogP contribution in [-0.4, -0.2) is 31.3 Å². The van der Waals surface area contributed by atoms with E-state index in [4.69, 9.17) is 5.10 Å². The molecule has 0 unspecified atom stereocenters. The van der Waals surface area contributed by atoms with Gasteiger partial charge in [-0.05, 0) is 31.2 Å². The Hall–Kier alpha value is -4.25. The third-order valence-electron chi connectivity index (χ3n) is 5.80. The third kappa shape index (κ3) is 3.55. The first-order valence-electron chi connectivity index (χ1n) is 11.1. The maximum absolute atomic E-state index is 14.7. The molecule has 0 saturated heterocycles. The quantitative estimate of drug-likeness (QED) is 0.364. The monoisotopic (exact) mass is 453 g/mol. The number of pyridine rings is 2. The van der Waals surface area contributed by atoms with Gasteiger partial charge in [0.05, 0.1) is 33.5 Å². The molecule has 5 rings (SSSR count). The first kappa shape index (κ1) is 21.6. The van der Waals surface area contributed by atoms with Crippen molar-refractivity contribution < 1.29 is 4.39 Å². The van der Waals surface area contributed by atoms with Crippen molar-refractivity contribution in [3.05, 3.63) is 66.1 Å². The number of fused-ring (bicyclic) bond motifs is 3. The van der Waals surface area contributed by atoms with E-state index >= 15 is 0 Å². The number of hydrogen-bond acceptors (Lipinski definition) is 5. The Morgan fingerprint density at radius 1 is 1.18 bits per heavy atom. The van der Waals surface area contributed by atoms with E-state index in [9.17, 15) is 9.65 Å². The van der Waals surface area contributed by atoms with Crippen molar-refractivity contribution in [2.45, 2.75) is 33.1 Å². The van der Waals surface area contributed by atoms with Gasteiger partial charge < -0.3 is 10.3 Å². The molecule has 4 heterocycles. The normalized spacial score (nSPS) is 11.8. The van der Waals surface area contributed by atoms with Gasteiger partial charge in [-0.1, -0.05) is 20.8 Å². The number of anilines is 1. The van der Waals surface area contributed by atoms with Crippen LogP contribution in [0.3, 0.4) is 0 Å². The lowest BCUT2D eigenvalue weighted by Crippen LogP contribution is -2.13. The Balaban J connectivity index is 1.90. The maximum Gasteiger partial charge on any atom is 0.140 e. The van der Waals surface area contributed by atoms with E-state index < -0.39 is 0 Å². The Kier molecular flexibility index (Phi) is 5.05. The summed E-state index contributed by atoms with van der Waals surface area (Å²) in [7, 11) is 0. The zero-order valence-electron chi connectivity index (χ0n) is 19.4. The lowest BCUT2D eigenvalue weighted by atomic mass is 9.93. The molecule has 0 radical (unpaired) electrons. The van der Waals surface area contributed by atoms with Gasteiger partial charge in [0.15, 0.2) is 0 Å². The molecule has 1 aromatic carbocycles. The molecular formula is C26H24FN7. The highest BCUT2D eigenvalue weighted by Gasteiger charge is 2.23. The minimum atomic E-state index is -0.343. The van der Waals surface area contributed by atoms with Gasteiger partial charge in [-0.2, -0.15) is 10.4 Å². The number of rotatable bonds is 4. The van der Waals surface area contributed by atoms with Crippen LogP contribution in [0.1, 0.15) is 39.0 Å². The molecule has 8 heteroatoms. The highest BCUT2D eigenvalue weighted by Crippen LogP contribution is 2.39. The Labute approximate surface area is 196 Å². The summed E-state index contributed by atoms with van der Waals surface area (Å²) in [4.78, 5) is 12.3. The molecule has 5 aromatic rings. The number of aromatic nitrogens is 5. The van der Waals surface area contributed by atoms with Crippen LogP contribution < -0.4 is 5.32 Å². The van der Waals surface area contributed by atoms with Crippen LogP contribution in [0.5, 0.6) is 0 Å². The highest BCUT2D eigenvalue weighted by atomic mass is 19.1. The van der Waals surface area contributed by atoms with Gasteiger partial charge in [-0.3, -0.25) is 4.98 Å². The van der Waals surface area contributed by atoms with E-state index in [1.807, 2.05) is 23.9 Å². The van der Waals surface area contributed by atoms with E-state index in [1.165, 1.54) is 18.3 Å². The van der Waals surface area contributed by atoms with Gasteiger partial charge in [0, 0.05) is 53.3 Å². The minimum absolute atomic E-state index is 0.148. The lowest BCUT2D eigenvalue weighted by Gasteiger charge is -2.15. The van der Waals surface area contributed by atoms with E-state index in [-0.39, 0.29) is 11.2 Å². The molecule has 0 aliphatic heterocycles. The minimum Gasteiger partial charge on any atom is -0.384 e. The molecule has 170 valence electrons. The smallest absolute Gasteiger partial charge is 0.140 e. The van der Waals surface area contributed by atoms with E-state index in [2.05, 4.69) is 47.1 Å². The van der Waals surface area contributed by atoms with Crippen molar-refractivity contribution in [3.63, 3.8) is 0 Å². The van der Waals surface area contributed by atoms with Crippen molar-refractivity contribution in [2.75, 3.05) is 11.9 Å². The predicted octanol–water partition coefficient (Wildman–Crippen LogP) is 5.70. The van der Waals surface area contributed by atoms with Crippen LogP contribution in [0.25, 0.3) is 38.8 Å². The molecule has 4 aromatic heterocycles. The van der Waals surface area contributed by atoms with Crippen molar-refractivity contribution in [1.82, 2.24) is 24.7 Å². The number of halogens is 1. The summed E-state index contributed by atoms with van der Waals surface area (Å²) in [6.07, 6.45) is 6.86. The van der Waals surface area contributed by atoms with E-state index in [0.29, 0.717) is 28.8 Å². The summed E-state index contributed by atoms with van der Waals surface area (Å²) >= 11 is 0. The molecule has 34 heavy (non-hydrogen) atoms. The second-order valence-corrected chi connectivity index (χ2v) is 9.24. The first-order chi connectivity index (χ1) is 16.3. The molecule has 7 nitrogen and oxygen atoms in total. The van der Waals surface area contributed by atoms with Crippen LogP contribution in [0, 0.1) is 17.1 Å². The number of H-pyrrole nitrogens is 1. The van der Waals surface area contributed by atoms with Gasteiger partial charge in [0.1, 0.15) is 17.5 Å². The Morgan fingerprint density at radius 3 is 2.71 bits per heavy atom. The second kappa shape index (κ2) is 7.96. The molecule has 0 fully saturated rings. The van der Waals surface area contributed by atoms with E-state index in [1.54, 1.807) is 18.5 Å². The third-order valence-corrected chi connectivity index (χ3v) is 5.80. The zero-order chi connectivity index (χ0) is 24.0. The molecule has 0 saturated carbocycles. The molecule has 2 N–H and O–H groups in total. The van der Waals surface area contributed by atoms with Crippen molar-refractivity contribution in [1.29, 1.82) is 5.26 Å². The molecule has 0 atom stereocenters. The number of aromatic amines is 1. The van der Waals surface area contributed by atoms with Crippen molar-refractivity contribution in [2.24, 2.45) is 0 Å². The average molecular weight is 454 g/mol. The first-order valence-corrected chi connectivity index (χ1v) is 11.1. The predicted molar refractivity (Wildman–Crippen MR) is 131 cm³/mol. The molecule has 0 aliphatic rings. The molecule has 0 aliphatic carbocycles. The fourth-order valence-electron chi connectivity index (χ4n) is 4.18. The largest absolute Gasteiger partial charge is 0.384 e. The van der Waals surface area contributed by atoms with Gasteiger partial charge in [-0.25, -0.2) is 14.1 Å². The van der Waals surface area contributed by atoms with Crippen LogP contribution in [0.15, 0.2) is 49.1 Å². The summed E-state index contributed by atoms with van der Waals surface area (Å²) in [6.45, 7) is 8.93. The standard InChI is InChI=1S/C26H24FN7/c1-5-30-20-10-17(27)9-18-22-24(34-7-6-21(33-34)26(2,3)4)19(14-31-25(22)32-23(18)20)16-8-15(11-28)12-29-13-16/h6-10,12-14,30H,5H2,1-4H3,(H,31,32). The van der Waals surface area contributed by atoms with E-state index in [0.717, 1.165) is 33.4 Å². The van der Waals surface area contributed by atoms with Gasteiger partial charge in [0.25, 0.3) is 0 Å². The van der Waals surface area contributed by atoms with Crippen LogP contribution in [0.2, 0.25) is 0 Å². The Morgan fingerprint density at radius 2 is 2.00 bits per heavy atom. The Bertz CT molecular complexity index is 1580.